The van der Waals surface area contributed by atoms with Crippen LogP contribution in [-0.2, 0) is 17.8 Å². The smallest absolute Gasteiger partial charge is 0.267 e. The summed E-state index contributed by atoms with van der Waals surface area (Å²) in [6.45, 7) is 5.70. The van der Waals surface area contributed by atoms with Gasteiger partial charge < -0.3 is 9.88 Å². The lowest BCUT2D eigenvalue weighted by Gasteiger charge is -2.43. The van der Waals surface area contributed by atoms with Gasteiger partial charge in [0.05, 0.1) is 24.6 Å². The minimum atomic E-state index is -0.249. The number of rotatable bonds is 4. The third-order valence-corrected chi connectivity index (χ3v) is 6.44. The van der Waals surface area contributed by atoms with Crippen molar-refractivity contribution in [2.75, 3.05) is 39.3 Å². The zero-order valence-electron chi connectivity index (χ0n) is 16.6. The summed E-state index contributed by atoms with van der Waals surface area (Å²) in [4.78, 5) is 37.7. The van der Waals surface area contributed by atoms with Gasteiger partial charge in [0.25, 0.3) is 5.56 Å². The predicted octanol–water partition coefficient (Wildman–Crippen LogP) is 0.0104. The standard InChI is InChI=1S/C20H27N7O2/c28-19-11-21-10-18(22-19)27-13-15-12-24(5-4-17(15)23-27)14-20(29)26-8-6-25(7-9-26)16-2-1-3-16/h10-11,13,16H,1-9,12,14H2,(H,22,28). The number of amides is 1. The summed E-state index contributed by atoms with van der Waals surface area (Å²) in [6, 6.07) is 0.763. The molecule has 1 N–H and O–H groups in total. The monoisotopic (exact) mass is 397 g/mol. The first-order chi connectivity index (χ1) is 14.2. The van der Waals surface area contributed by atoms with Crippen molar-refractivity contribution in [3.05, 3.63) is 40.2 Å². The van der Waals surface area contributed by atoms with Crippen molar-refractivity contribution in [3.8, 4) is 5.82 Å². The first-order valence-electron chi connectivity index (χ1n) is 10.5. The van der Waals surface area contributed by atoms with Crippen LogP contribution < -0.4 is 5.56 Å². The van der Waals surface area contributed by atoms with Crippen LogP contribution in [0.15, 0.2) is 23.4 Å². The highest BCUT2D eigenvalue weighted by atomic mass is 16.2. The van der Waals surface area contributed by atoms with E-state index in [0.29, 0.717) is 18.9 Å². The van der Waals surface area contributed by atoms with E-state index in [1.54, 1.807) is 10.9 Å². The van der Waals surface area contributed by atoms with Gasteiger partial charge in [-0.1, -0.05) is 6.42 Å². The lowest BCUT2D eigenvalue weighted by Crippen LogP contribution is -2.55. The number of aromatic nitrogens is 4. The van der Waals surface area contributed by atoms with Crippen LogP contribution in [0.25, 0.3) is 5.82 Å². The molecule has 0 aromatic carbocycles. The number of carbonyl (C=O) groups is 1. The van der Waals surface area contributed by atoms with Crippen molar-refractivity contribution in [2.45, 2.75) is 38.3 Å². The average molecular weight is 397 g/mol. The second-order valence-electron chi connectivity index (χ2n) is 8.29. The Labute approximate surface area is 169 Å². The van der Waals surface area contributed by atoms with E-state index >= 15 is 0 Å². The molecule has 2 aliphatic heterocycles. The molecule has 2 fully saturated rings. The molecular formula is C20H27N7O2. The molecular weight excluding hydrogens is 370 g/mol. The first-order valence-corrected chi connectivity index (χ1v) is 10.5. The highest BCUT2D eigenvalue weighted by Gasteiger charge is 2.30. The number of nitrogens with one attached hydrogen (secondary N) is 1. The van der Waals surface area contributed by atoms with Crippen LogP contribution in [0.3, 0.4) is 0 Å². The molecule has 1 aliphatic carbocycles. The van der Waals surface area contributed by atoms with Crippen molar-refractivity contribution in [1.82, 2.24) is 34.4 Å². The molecule has 1 saturated heterocycles. The molecule has 154 valence electrons. The quantitative estimate of drug-likeness (QED) is 0.782. The molecule has 0 unspecified atom stereocenters. The molecule has 9 nitrogen and oxygen atoms in total. The molecule has 5 rings (SSSR count). The molecule has 9 heteroatoms. The molecule has 2 aromatic heterocycles. The largest absolute Gasteiger partial charge is 0.339 e. The fraction of sp³-hybridized carbons (Fsp3) is 0.600. The number of nitrogens with zero attached hydrogens (tertiary/aromatic N) is 6. The summed E-state index contributed by atoms with van der Waals surface area (Å²) in [7, 11) is 0. The summed E-state index contributed by atoms with van der Waals surface area (Å²) >= 11 is 0. The Morgan fingerprint density at radius 3 is 2.69 bits per heavy atom. The van der Waals surface area contributed by atoms with Crippen molar-refractivity contribution in [2.24, 2.45) is 0 Å². The van der Waals surface area contributed by atoms with E-state index in [-0.39, 0.29) is 11.5 Å². The lowest BCUT2D eigenvalue weighted by atomic mass is 9.91. The zero-order chi connectivity index (χ0) is 19.8. The Morgan fingerprint density at radius 2 is 1.97 bits per heavy atom. The molecule has 2 aromatic rings. The van der Waals surface area contributed by atoms with Gasteiger partial charge in [0.15, 0.2) is 5.82 Å². The highest BCUT2D eigenvalue weighted by molar-refractivity contribution is 5.78. The number of hydrogen-bond acceptors (Lipinski definition) is 6. The Morgan fingerprint density at radius 1 is 1.14 bits per heavy atom. The van der Waals surface area contributed by atoms with E-state index in [1.807, 2.05) is 11.1 Å². The second-order valence-corrected chi connectivity index (χ2v) is 8.29. The molecule has 1 amide bonds. The summed E-state index contributed by atoms with van der Waals surface area (Å²) in [5.41, 5.74) is 1.87. The van der Waals surface area contributed by atoms with Crippen LogP contribution in [0.4, 0.5) is 0 Å². The molecule has 0 spiro atoms. The van der Waals surface area contributed by atoms with E-state index < -0.39 is 0 Å². The van der Waals surface area contributed by atoms with Gasteiger partial charge in [-0.15, -0.1) is 0 Å². The van der Waals surface area contributed by atoms with Gasteiger partial charge in [-0.2, -0.15) is 5.10 Å². The zero-order valence-corrected chi connectivity index (χ0v) is 16.6. The molecule has 29 heavy (non-hydrogen) atoms. The molecule has 0 bridgehead atoms. The minimum Gasteiger partial charge on any atom is -0.339 e. The maximum absolute atomic E-state index is 12.8. The number of piperazine rings is 1. The van der Waals surface area contributed by atoms with Gasteiger partial charge in [0.1, 0.15) is 0 Å². The van der Waals surface area contributed by atoms with Crippen LogP contribution in [-0.4, -0.2) is 85.7 Å². The van der Waals surface area contributed by atoms with Crippen molar-refractivity contribution < 1.29 is 4.79 Å². The van der Waals surface area contributed by atoms with E-state index in [0.717, 1.165) is 56.4 Å². The van der Waals surface area contributed by atoms with Gasteiger partial charge in [0, 0.05) is 63.5 Å². The second kappa shape index (κ2) is 7.72. The Hall–Kier alpha value is -2.52. The molecule has 1 saturated carbocycles. The number of H-pyrrole nitrogens is 1. The Kier molecular flexibility index (Phi) is 4.92. The lowest BCUT2D eigenvalue weighted by molar-refractivity contribution is -0.135. The van der Waals surface area contributed by atoms with Crippen LogP contribution in [0.2, 0.25) is 0 Å². The normalized spacial score (nSPS) is 21.0. The highest BCUT2D eigenvalue weighted by Crippen LogP contribution is 2.25. The maximum Gasteiger partial charge on any atom is 0.267 e. The fourth-order valence-corrected chi connectivity index (χ4v) is 4.49. The van der Waals surface area contributed by atoms with Gasteiger partial charge in [0.2, 0.25) is 5.91 Å². The summed E-state index contributed by atoms with van der Waals surface area (Å²) < 4.78 is 1.67. The topological polar surface area (TPSA) is 90.4 Å². The van der Waals surface area contributed by atoms with Gasteiger partial charge in [-0.05, 0) is 12.8 Å². The van der Waals surface area contributed by atoms with Crippen LogP contribution in [0, 0.1) is 0 Å². The van der Waals surface area contributed by atoms with Crippen LogP contribution in [0.5, 0.6) is 0 Å². The van der Waals surface area contributed by atoms with E-state index in [4.69, 9.17) is 0 Å². The SMILES string of the molecule is O=C(CN1CCc2nn(-c3cncc(=O)[nH]3)cc2C1)N1CCN(C2CCC2)CC1. The van der Waals surface area contributed by atoms with E-state index in [9.17, 15) is 9.59 Å². The molecule has 0 atom stereocenters. The average Bonchev–Trinajstić information content (AvgIpc) is 3.11. The van der Waals surface area contributed by atoms with Crippen LogP contribution >= 0.6 is 0 Å². The third kappa shape index (κ3) is 3.84. The summed E-state index contributed by atoms with van der Waals surface area (Å²) in [6.07, 6.45) is 9.56. The van der Waals surface area contributed by atoms with Crippen molar-refractivity contribution in [3.63, 3.8) is 0 Å². The number of hydrogen-bond donors (Lipinski definition) is 1. The summed E-state index contributed by atoms with van der Waals surface area (Å²) in [5.74, 6) is 0.782. The summed E-state index contributed by atoms with van der Waals surface area (Å²) in [5, 5.41) is 4.58. The number of aromatic amines is 1. The Bertz CT molecular complexity index is 940. The van der Waals surface area contributed by atoms with Gasteiger partial charge in [-0.3, -0.25) is 24.4 Å². The Balaban J connectivity index is 1.18. The molecule has 3 aliphatic rings. The minimum absolute atomic E-state index is 0.227. The van der Waals surface area contributed by atoms with Crippen LogP contribution in [0.1, 0.15) is 30.5 Å². The van der Waals surface area contributed by atoms with Gasteiger partial charge >= 0.3 is 0 Å². The van der Waals surface area contributed by atoms with Gasteiger partial charge in [-0.25, -0.2) is 4.68 Å². The molecule has 0 radical (unpaired) electrons. The molecule has 4 heterocycles. The third-order valence-electron chi connectivity index (χ3n) is 6.44. The number of carbonyl (C=O) groups excluding carboxylic acids is 1. The maximum atomic E-state index is 12.8. The van der Waals surface area contributed by atoms with Crippen molar-refractivity contribution in [1.29, 1.82) is 0 Å². The predicted molar refractivity (Wildman–Crippen MR) is 107 cm³/mol. The fourth-order valence-electron chi connectivity index (χ4n) is 4.49. The number of fused-ring (bicyclic) bond motifs is 1. The van der Waals surface area contributed by atoms with E-state index in [1.165, 1.54) is 25.5 Å². The first kappa shape index (κ1) is 18.5. The van der Waals surface area contributed by atoms with E-state index in [2.05, 4.69) is 24.9 Å². The van der Waals surface area contributed by atoms with Crippen molar-refractivity contribution >= 4 is 5.91 Å².